The van der Waals surface area contributed by atoms with Crippen molar-refractivity contribution >= 4 is 17.2 Å². The van der Waals surface area contributed by atoms with Gasteiger partial charge in [-0.1, -0.05) is 12.2 Å². The third-order valence-corrected chi connectivity index (χ3v) is 3.75. The maximum Gasteiger partial charge on any atom is 0.124 e. The van der Waals surface area contributed by atoms with E-state index < -0.39 is 0 Å². The predicted octanol–water partition coefficient (Wildman–Crippen LogP) is 2.32. The highest BCUT2D eigenvalue weighted by molar-refractivity contribution is 7.80. The van der Waals surface area contributed by atoms with Crippen LogP contribution in [0.2, 0.25) is 0 Å². The van der Waals surface area contributed by atoms with Crippen LogP contribution in [0, 0.1) is 11.7 Å². The van der Waals surface area contributed by atoms with Gasteiger partial charge in [0.15, 0.2) is 0 Å². The van der Waals surface area contributed by atoms with Crippen molar-refractivity contribution in [1.29, 1.82) is 0 Å². The lowest BCUT2D eigenvalue weighted by atomic mass is 10.0. The summed E-state index contributed by atoms with van der Waals surface area (Å²) in [6.07, 6.45) is 2.33. The van der Waals surface area contributed by atoms with Crippen LogP contribution in [0.4, 0.5) is 4.39 Å². The van der Waals surface area contributed by atoms with Gasteiger partial charge in [-0.25, -0.2) is 4.39 Å². The van der Waals surface area contributed by atoms with Gasteiger partial charge in [0, 0.05) is 25.3 Å². The quantitative estimate of drug-likeness (QED) is 0.846. The maximum atomic E-state index is 13.5. The topological polar surface area (TPSA) is 38.5 Å². The molecule has 1 fully saturated rings. The summed E-state index contributed by atoms with van der Waals surface area (Å²) < 4.78 is 19.0. The minimum absolute atomic E-state index is 0.231. The van der Waals surface area contributed by atoms with Crippen molar-refractivity contribution in [2.24, 2.45) is 11.7 Å². The number of hydrogen-bond donors (Lipinski definition) is 1. The summed E-state index contributed by atoms with van der Waals surface area (Å²) in [7, 11) is 2.04. The van der Waals surface area contributed by atoms with Gasteiger partial charge in [0.2, 0.25) is 0 Å². The largest absolute Gasteiger partial charge is 0.389 e. The van der Waals surface area contributed by atoms with Crippen molar-refractivity contribution in [2.45, 2.75) is 19.4 Å². The van der Waals surface area contributed by atoms with E-state index in [1.807, 2.05) is 13.1 Å². The molecule has 20 heavy (non-hydrogen) atoms. The highest BCUT2D eigenvalue weighted by Crippen LogP contribution is 2.16. The highest BCUT2D eigenvalue weighted by Gasteiger charge is 2.16. The molecule has 0 saturated carbocycles. The first-order valence-corrected chi connectivity index (χ1v) is 7.31. The third-order valence-electron chi connectivity index (χ3n) is 3.52. The zero-order valence-corrected chi connectivity index (χ0v) is 12.6. The van der Waals surface area contributed by atoms with Crippen LogP contribution in [-0.2, 0) is 11.3 Å². The second-order valence-corrected chi connectivity index (χ2v) is 5.93. The van der Waals surface area contributed by atoms with Gasteiger partial charge in [-0.3, -0.25) is 0 Å². The van der Waals surface area contributed by atoms with E-state index in [0.717, 1.165) is 31.7 Å². The summed E-state index contributed by atoms with van der Waals surface area (Å²) >= 11 is 4.91. The van der Waals surface area contributed by atoms with Crippen LogP contribution in [-0.4, -0.2) is 36.7 Å². The van der Waals surface area contributed by atoms with Crippen LogP contribution < -0.4 is 5.73 Å². The van der Waals surface area contributed by atoms with Crippen LogP contribution in [0.25, 0.3) is 0 Å². The number of thiocarbonyl (C=S) groups is 1. The van der Waals surface area contributed by atoms with Crippen molar-refractivity contribution in [3.05, 3.63) is 35.1 Å². The van der Waals surface area contributed by atoms with Gasteiger partial charge in [0.1, 0.15) is 10.8 Å². The van der Waals surface area contributed by atoms with Gasteiger partial charge in [0.25, 0.3) is 0 Å². The molecule has 0 aromatic heterocycles. The van der Waals surface area contributed by atoms with Gasteiger partial charge in [0.05, 0.1) is 6.61 Å². The Labute approximate surface area is 124 Å². The molecule has 0 amide bonds. The number of hydrogen-bond acceptors (Lipinski definition) is 3. The van der Waals surface area contributed by atoms with Gasteiger partial charge in [-0.05, 0) is 49.6 Å². The molecule has 0 bridgehead atoms. The molecular formula is C15H21FN2OS. The molecule has 2 N–H and O–H groups in total. The molecule has 2 rings (SSSR count). The number of rotatable bonds is 5. The summed E-state index contributed by atoms with van der Waals surface area (Å²) in [6.45, 7) is 3.34. The molecule has 5 heteroatoms. The molecular weight excluding hydrogens is 275 g/mol. The Morgan fingerprint density at radius 1 is 1.50 bits per heavy atom. The molecule has 1 unspecified atom stereocenters. The summed E-state index contributed by atoms with van der Waals surface area (Å²) in [4.78, 5) is 2.42. The van der Waals surface area contributed by atoms with Crippen LogP contribution in [0.5, 0.6) is 0 Å². The van der Waals surface area contributed by atoms with E-state index in [-0.39, 0.29) is 10.8 Å². The van der Waals surface area contributed by atoms with Crippen molar-refractivity contribution in [3.63, 3.8) is 0 Å². The normalized spacial score (nSPS) is 19.2. The summed E-state index contributed by atoms with van der Waals surface area (Å²) in [6, 6.07) is 4.77. The highest BCUT2D eigenvalue weighted by atomic mass is 32.1. The summed E-state index contributed by atoms with van der Waals surface area (Å²) in [5.74, 6) is 0.275. The molecule has 0 spiro atoms. The Morgan fingerprint density at radius 3 is 2.95 bits per heavy atom. The summed E-state index contributed by atoms with van der Waals surface area (Å²) in [5, 5.41) is 0. The Kier molecular flexibility index (Phi) is 5.46. The molecule has 1 aliphatic heterocycles. The molecule has 1 heterocycles. The van der Waals surface area contributed by atoms with E-state index in [1.54, 1.807) is 0 Å². The van der Waals surface area contributed by atoms with Crippen molar-refractivity contribution in [1.82, 2.24) is 4.90 Å². The second kappa shape index (κ2) is 7.11. The van der Waals surface area contributed by atoms with Gasteiger partial charge >= 0.3 is 0 Å². The smallest absolute Gasteiger partial charge is 0.124 e. The Morgan fingerprint density at radius 2 is 2.30 bits per heavy atom. The Hall–Kier alpha value is -1.04. The third kappa shape index (κ3) is 4.51. The lowest BCUT2D eigenvalue weighted by Crippen LogP contribution is -2.30. The SMILES string of the molecule is CN(Cc1cc(F)cc(C(N)=S)c1)CC1CCCOC1. The summed E-state index contributed by atoms with van der Waals surface area (Å²) in [5.41, 5.74) is 7.05. The minimum Gasteiger partial charge on any atom is -0.389 e. The van der Waals surface area contributed by atoms with Gasteiger partial charge in [-0.2, -0.15) is 0 Å². The van der Waals surface area contributed by atoms with Gasteiger partial charge in [-0.15, -0.1) is 0 Å². The maximum absolute atomic E-state index is 13.5. The number of halogens is 1. The second-order valence-electron chi connectivity index (χ2n) is 5.49. The first kappa shape index (κ1) is 15.4. The van der Waals surface area contributed by atoms with E-state index in [2.05, 4.69) is 4.90 Å². The van der Waals surface area contributed by atoms with E-state index >= 15 is 0 Å². The number of benzene rings is 1. The molecule has 1 aromatic carbocycles. The first-order valence-electron chi connectivity index (χ1n) is 6.90. The fraction of sp³-hybridized carbons (Fsp3) is 0.533. The standard InChI is InChI=1S/C15H21FN2OS/c1-18(8-11-3-2-4-19-10-11)9-12-5-13(15(17)20)7-14(16)6-12/h5-7,11H,2-4,8-10H2,1H3,(H2,17,20). The Bertz CT molecular complexity index is 475. The molecule has 1 aliphatic rings. The van der Waals surface area contributed by atoms with E-state index in [0.29, 0.717) is 18.0 Å². The van der Waals surface area contributed by atoms with Crippen molar-refractivity contribution in [3.8, 4) is 0 Å². The predicted molar refractivity (Wildman–Crippen MR) is 82.2 cm³/mol. The van der Waals surface area contributed by atoms with Gasteiger partial charge < -0.3 is 15.4 Å². The average Bonchev–Trinajstić information content (AvgIpc) is 2.38. The first-order chi connectivity index (χ1) is 9.54. The van der Waals surface area contributed by atoms with Crippen LogP contribution in [0.3, 0.4) is 0 Å². The lowest BCUT2D eigenvalue weighted by molar-refractivity contribution is 0.0411. The molecule has 1 atom stereocenters. The monoisotopic (exact) mass is 296 g/mol. The Balaban J connectivity index is 1.96. The van der Waals surface area contributed by atoms with E-state index in [9.17, 15) is 4.39 Å². The molecule has 1 aromatic rings. The molecule has 1 saturated heterocycles. The lowest BCUT2D eigenvalue weighted by Gasteiger charge is -2.27. The van der Waals surface area contributed by atoms with Crippen molar-refractivity contribution in [2.75, 3.05) is 26.8 Å². The fourth-order valence-electron chi connectivity index (χ4n) is 2.65. The van der Waals surface area contributed by atoms with Crippen molar-refractivity contribution < 1.29 is 9.13 Å². The minimum atomic E-state index is -0.292. The zero-order chi connectivity index (χ0) is 14.5. The zero-order valence-electron chi connectivity index (χ0n) is 11.8. The number of nitrogens with zero attached hydrogens (tertiary/aromatic N) is 1. The molecule has 0 aliphatic carbocycles. The number of ether oxygens (including phenoxy) is 1. The van der Waals surface area contributed by atoms with Crippen LogP contribution in [0.1, 0.15) is 24.0 Å². The van der Waals surface area contributed by atoms with E-state index in [1.165, 1.54) is 18.6 Å². The van der Waals surface area contributed by atoms with Crippen LogP contribution >= 0.6 is 12.2 Å². The molecule has 0 radical (unpaired) electrons. The fourth-order valence-corrected chi connectivity index (χ4v) is 2.77. The average molecular weight is 296 g/mol. The molecule has 3 nitrogen and oxygen atoms in total. The molecule has 110 valence electrons. The van der Waals surface area contributed by atoms with E-state index in [4.69, 9.17) is 22.7 Å². The van der Waals surface area contributed by atoms with Crippen LogP contribution in [0.15, 0.2) is 18.2 Å². The number of nitrogens with two attached hydrogens (primary N) is 1.